The largest absolute Gasteiger partial charge is 0.406 e. The maximum Gasteiger partial charge on any atom is 0.406 e. The number of benzene rings is 1. The van der Waals surface area contributed by atoms with Gasteiger partial charge in [-0.25, -0.2) is 0 Å². The van der Waals surface area contributed by atoms with Crippen LogP contribution in [0.1, 0.15) is 5.56 Å². The number of amides is 1. The van der Waals surface area contributed by atoms with E-state index in [9.17, 15) is 28.1 Å². The third kappa shape index (κ3) is 5.28. The number of rotatable bonds is 5. The van der Waals surface area contributed by atoms with E-state index in [1.807, 2.05) is 0 Å². The molecule has 0 unspecified atom stereocenters. The number of nitro benzene ring substituents is 1. The highest BCUT2D eigenvalue weighted by Gasteiger charge is 2.30. The topological polar surface area (TPSA) is 75.5 Å². The normalized spacial score (nSPS) is 11.1. The molecule has 0 radical (unpaired) electrons. The lowest BCUT2D eigenvalue weighted by Crippen LogP contribution is -2.38. The van der Waals surface area contributed by atoms with Gasteiger partial charge in [0.15, 0.2) is 0 Å². The van der Waals surface area contributed by atoms with Crippen LogP contribution in [0.2, 0.25) is 0 Å². The van der Waals surface area contributed by atoms with E-state index in [-0.39, 0.29) is 12.2 Å². The summed E-state index contributed by atoms with van der Waals surface area (Å²) in [6.45, 7) is -0.127. The first-order valence-corrected chi connectivity index (χ1v) is 5.90. The number of hydrogen-bond acceptors (Lipinski definition) is 4. The zero-order valence-corrected chi connectivity index (χ0v) is 11.4. The van der Waals surface area contributed by atoms with Crippen molar-refractivity contribution in [2.24, 2.45) is 0 Å². The van der Waals surface area contributed by atoms with Gasteiger partial charge in [-0.15, -0.1) is 0 Å². The van der Waals surface area contributed by atoms with Gasteiger partial charge in [0.25, 0.3) is 5.69 Å². The fourth-order valence-electron chi connectivity index (χ4n) is 1.64. The third-order valence-corrected chi connectivity index (χ3v) is 2.68. The van der Waals surface area contributed by atoms with Crippen LogP contribution < -0.4 is 5.32 Å². The molecule has 1 amide bonds. The van der Waals surface area contributed by atoms with Crippen molar-refractivity contribution in [1.29, 1.82) is 0 Å². The lowest BCUT2D eigenvalue weighted by atomic mass is 10.2. The summed E-state index contributed by atoms with van der Waals surface area (Å²) in [5.74, 6) is -0.733. The second kappa shape index (κ2) is 6.42. The number of halogens is 3. The molecule has 116 valence electrons. The first-order chi connectivity index (χ1) is 9.60. The molecule has 1 N–H and O–H groups in total. The van der Waals surface area contributed by atoms with Crippen molar-refractivity contribution >= 4 is 17.3 Å². The summed E-state index contributed by atoms with van der Waals surface area (Å²) in [5.41, 5.74) is 0.744. The molecule has 0 heterocycles. The number of likely N-dealkylation sites (N-methyl/N-ethyl adjacent to an activating group) is 1. The molecule has 0 saturated carbocycles. The van der Waals surface area contributed by atoms with Gasteiger partial charge in [-0.05, 0) is 19.1 Å². The first kappa shape index (κ1) is 16.7. The van der Waals surface area contributed by atoms with Gasteiger partial charge in [0.05, 0.1) is 11.5 Å². The molecule has 0 aliphatic heterocycles. The minimum Gasteiger partial charge on any atom is -0.376 e. The Hall–Kier alpha value is -2.32. The van der Waals surface area contributed by atoms with Crippen molar-refractivity contribution in [2.45, 2.75) is 13.1 Å². The van der Waals surface area contributed by atoms with Crippen LogP contribution in [0.15, 0.2) is 18.2 Å². The maximum atomic E-state index is 12.1. The van der Waals surface area contributed by atoms with Gasteiger partial charge in [-0.3, -0.25) is 14.9 Å². The Kier molecular flexibility index (Phi) is 5.12. The Bertz CT molecular complexity index is 546. The molecule has 0 atom stereocenters. The van der Waals surface area contributed by atoms with E-state index >= 15 is 0 Å². The zero-order chi connectivity index (χ0) is 16.2. The Labute approximate surface area is 118 Å². The average Bonchev–Trinajstić information content (AvgIpc) is 2.33. The summed E-state index contributed by atoms with van der Waals surface area (Å²) in [6.07, 6.45) is -4.45. The first-order valence-electron chi connectivity index (χ1n) is 5.90. The molecular formula is C12H14F3N3O3. The summed E-state index contributed by atoms with van der Waals surface area (Å²) < 4.78 is 36.4. The number of anilines is 1. The predicted molar refractivity (Wildman–Crippen MR) is 70.0 cm³/mol. The molecule has 0 aliphatic rings. The van der Waals surface area contributed by atoms with Crippen LogP contribution in [0, 0.1) is 17.0 Å². The van der Waals surface area contributed by atoms with Crippen molar-refractivity contribution in [1.82, 2.24) is 4.90 Å². The van der Waals surface area contributed by atoms with Crippen LogP contribution in [0.5, 0.6) is 0 Å². The fourth-order valence-corrected chi connectivity index (χ4v) is 1.64. The molecule has 9 heteroatoms. The average molecular weight is 305 g/mol. The number of hydrogen-bond donors (Lipinski definition) is 1. The van der Waals surface area contributed by atoms with Gasteiger partial charge in [-0.2, -0.15) is 13.2 Å². The Morgan fingerprint density at radius 1 is 1.43 bits per heavy atom. The minimum absolute atomic E-state index is 0.0685. The number of carbonyl (C=O) groups is 1. The third-order valence-electron chi connectivity index (χ3n) is 2.68. The zero-order valence-electron chi connectivity index (χ0n) is 11.4. The summed E-state index contributed by atoms with van der Waals surface area (Å²) >= 11 is 0. The monoisotopic (exact) mass is 305 g/mol. The van der Waals surface area contributed by atoms with Crippen molar-refractivity contribution in [3.05, 3.63) is 33.9 Å². The van der Waals surface area contributed by atoms with Crippen molar-refractivity contribution < 1.29 is 22.9 Å². The van der Waals surface area contributed by atoms with E-state index in [0.717, 1.165) is 7.05 Å². The molecule has 0 saturated heterocycles. The van der Waals surface area contributed by atoms with Crippen LogP contribution in [0.25, 0.3) is 0 Å². The molecule has 0 aliphatic carbocycles. The molecule has 6 nitrogen and oxygen atoms in total. The standard InChI is InChI=1S/C12H14F3N3O3/c1-8-5-9(3-4-10(8)18(20)21)16-6-11(19)17(2)7-12(13,14)15/h3-5,16H,6-7H2,1-2H3. The molecule has 1 rings (SSSR count). The van der Waals surface area contributed by atoms with Gasteiger partial charge in [0.2, 0.25) is 5.91 Å². The van der Waals surface area contributed by atoms with Crippen LogP contribution >= 0.6 is 0 Å². The van der Waals surface area contributed by atoms with Gasteiger partial charge in [0, 0.05) is 24.4 Å². The highest BCUT2D eigenvalue weighted by atomic mass is 19.4. The quantitative estimate of drug-likeness (QED) is 0.669. The van der Waals surface area contributed by atoms with Gasteiger partial charge >= 0.3 is 6.18 Å². The molecule has 21 heavy (non-hydrogen) atoms. The maximum absolute atomic E-state index is 12.1. The van der Waals surface area contributed by atoms with E-state index < -0.39 is 23.6 Å². The van der Waals surface area contributed by atoms with E-state index in [1.165, 1.54) is 25.1 Å². The summed E-state index contributed by atoms with van der Waals surface area (Å²) in [5, 5.41) is 13.3. The Balaban J connectivity index is 2.61. The fraction of sp³-hybridized carbons (Fsp3) is 0.417. The number of nitrogens with one attached hydrogen (secondary N) is 1. The number of aryl methyl sites for hydroxylation is 1. The van der Waals surface area contributed by atoms with E-state index in [4.69, 9.17) is 0 Å². The lowest BCUT2D eigenvalue weighted by Gasteiger charge is -2.19. The van der Waals surface area contributed by atoms with E-state index in [0.29, 0.717) is 16.2 Å². The van der Waals surface area contributed by atoms with Crippen LogP contribution in [-0.2, 0) is 4.79 Å². The van der Waals surface area contributed by atoms with Crippen molar-refractivity contribution in [3.8, 4) is 0 Å². The molecular weight excluding hydrogens is 291 g/mol. The highest BCUT2D eigenvalue weighted by molar-refractivity contribution is 5.80. The Morgan fingerprint density at radius 2 is 2.05 bits per heavy atom. The molecule has 0 spiro atoms. The molecule has 0 bridgehead atoms. The summed E-state index contributed by atoms with van der Waals surface area (Å²) in [4.78, 5) is 22.2. The second-order valence-corrected chi connectivity index (χ2v) is 4.48. The van der Waals surface area contributed by atoms with Crippen LogP contribution in [-0.4, -0.2) is 42.0 Å². The number of nitro groups is 1. The molecule has 0 fully saturated rings. The second-order valence-electron chi connectivity index (χ2n) is 4.48. The molecule has 1 aromatic rings. The lowest BCUT2D eigenvalue weighted by molar-refractivity contribution is -0.385. The van der Waals surface area contributed by atoms with Crippen LogP contribution in [0.3, 0.4) is 0 Å². The van der Waals surface area contributed by atoms with Gasteiger partial charge in [0.1, 0.15) is 6.54 Å². The summed E-state index contributed by atoms with van der Waals surface area (Å²) in [6, 6.07) is 4.11. The minimum atomic E-state index is -4.45. The van der Waals surface area contributed by atoms with Crippen molar-refractivity contribution in [2.75, 3.05) is 25.5 Å². The van der Waals surface area contributed by atoms with Gasteiger partial charge < -0.3 is 10.2 Å². The highest BCUT2D eigenvalue weighted by Crippen LogP contribution is 2.21. The van der Waals surface area contributed by atoms with E-state index in [1.54, 1.807) is 0 Å². The molecule has 0 aromatic heterocycles. The number of alkyl halides is 3. The van der Waals surface area contributed by atoms with Gasteiger partial charge in [-0.1, -0.05) is 0 Å². The van der Waals surface area contributed by atoms with E-state index in [2.05, 4.69) is 5.32 Å². The Morgan fingerprint density at radius 3 is 2.52 bits per heavy atom. The SMILES string of the molecule is Cc1cc(NCC(=O)N(C)CC(F)(F)F)ccc1[N+](=O)[O-]. The summed E-state index contributed by atoms with van der Waals surface area (Å²) in [7, 11) is 1.05. The smallest absolute Gasteiger partial charge is 0.376 e. The molecule has 1 aromatic carbocycles. The van der Waals surface area contributed by atoms with Crippen molar-refractivity contribution in [3.63, 3.8) is 0 Å². The number of carbonyl (C=O) groups excluding carboxylic acids is 1. The predicted octanol–water partition coefficient (Wildman–Crippen LogP) is 2.34. The number of nitrogens with zero attached hydrogens (tertiary/aromatic N) is 2. The van der Waals surface area contributed by atoms with Crippen LogP contribution in [0.4, 0.5) is 24.5 Å².